The molecule has 2 aromatic rings. The van der Waals surface area contributed by atoms with Crippen LogP contribution in [0.4, 0.5) is 5.69 Å². The van der Waals surface area contributed by atoms with E-state index >= 15 is 0 Å². The Hall–Kier alpha value is -2.87. The molecule has 2 amide bonds. The lowest BCUT2D eigenvalue weighted by atomic mass is 10.2. The quantitative estimate of drug-likeness (QED) is 0.750. The molecule has 0 spiro atoms. The summed E-state index contributed by atoms with van der Waals surface area (Å²) in [6.45, 7) is 5.47. The van der Waals surface area contributed by atoms with Gasteiger partial charge in [0.2, 0.25) is 5.91 Å². The van der Waals surface area contributed by atoms with Gasteiger partial charge in [0, 0.05) is 25.7 Å². The van der Waals surface area contributed by atoms with Gasteiger partial charge in [-0.2, -0.15) is 0 Å². The number of rotatable bonds is 7. The molecule has 1 N–H and O–H groups in total. The number of nitrogens with one attached hydrogen (secondary N) is 1. The van der Waals surface area contributed by atoms with Gasteiger partial charge in [-0.15, -0.1) is 0 Å². The summed E-state index contributed by atoms with van der Waals surface area (Å²) in [5.74, 6) is -0.710. The van der Waals surface area contributed by atoms with Crippen LogP contribution in [-0.2, 0) is 14.8 Å². The lowest BCUT2D eigenvalue weighted by Gasteiger charge is -2.21. The fourth-order valence-electron chi connectivity index (χ4n) is 2.72. The Morgan fingerprint density at radius 3 is 2.24 bits per heavy atom. The van der Waals surface area contributed by atoms with Crippen LogP contribution in [-0.4, -0.2) is 51.8 Å². The number of sulfonamides is 1. The summed E-state index contributed by atoms with van der Waals surface area (Å²) in [6.07, 6.45) is 0. The third kappa shape index (κ3) is 5.57. The third-order valence-corrected chi connectivity index (χ3v) is 6.10. The molecule has 29 heavy (non-hydrogen) atoms. The van der Waals surface area contributed by atoms with E-state index in [1.165, 1.54) is 47.6 Å². The zero-order valence-corrected chi connectivity index (χ0v) is 18.2. The van der Waals surface area contributed by atoms with Crippen LogP contribution in [0.25, 0.3) is 0 Å². The van der Waals surface area contributed by atoms with Crippen molar-refractivity contribution in [3.05, 3.63) is 59.7 Å². The number of hydrogen-bond acceptors (Lipinski definition) is 4. The van der Waals surface area contributed by atoms with Crippen molar-refractivity contribution in [3.8, 4) is 0 Å². The predicted molar refractivity (Wildman–Crippen MR) is 113 cm³/mol. The van der Waals surface area contributed by atoms with Gasteiger partial charge in [0.25, 0.3) is 15.9 Å². The highest BCUT2D eigenvalue weighted by Crippen LogP contribution is 2.23. The van der Waals surface area contributed by atoms with E-state index in [1.54, 1.807) is 12.1 Å². The molecule has 2 aromatic carbocycles. The number of anilines is 1. The van der Waals surface area contributed by atoms with Crippen molar-refractivity contribution in [3.63, 3.8) is 0 Å². The Labute approximate surface area is 172 Å². The number of likely N-dealkylation sites (N-methyl/N-ethyl adjacent to an activating group) is 1. The minimum atomic E-state index is -3.84. The van der Waals surface area contributed by atoms with E-state index < -0.39 is 15.9 Å². The standard InChI is InChI=1S/C21H27N3O4S/c1-15(2)22-20(25)14-23(4)21(26)17-7-6-8-19(13-17)29(27,28)24(5)18-11-9-16(3)10-12-18/h6-13,15H,14H2,1-5H3,(H,22,25). The highest BCUT2D eigenvalue weighted by Gasteiger charge is 2.23. The van der Waals surface area contributed by atoms with Gasteiger partial charge in [0.1, 0.15) is 0 Å². The average Bonchev–Trinajstić information content (AvgIpc) is 2.66. The molecule has 2 rings (SSSR count). The van der Waals surface area contributed by atoms with Crippen LogP contribution in [0.1, 0.15) is 29.8 Å². The number of carbonyl (C=O) groups excluding carboxylic acids is 2. The summed E-state index contributed by atoms with van der Waals surface area (Å²) >= 11 is 0. The van der Waals surface area contributed by atoms with Gasteiger partial charge >= 0.3 is 0 Å². The number of hydrogen-bond donors (Lipinski definition) is 1. The average molecular weight is 418 g/mol. The summed E-state index contributed by atoms with van der Waals surface area (Å²) in [7, 11) is -0.871. The Kier molecular flexibility index (Phi) is 7.02. The molecule has 156 valence electrons. The lowest BCUT2D eigenvalue weighted by Crippen LogP contribution is -2.40. The van der Waals surface area contributed by atoms with Gasteiger partial charge in [-0.05, 0) is 51.1 Å². The number of amides is 2. The van der Waals surface area contributed by atoms with E-state index in [0.29, 0.717) is 5.69 Å². The molecular weight excluding hydrogens is 390 g/mol. The van der Waals surface area contributed by atoms with Crippen LogP contribution in [0.5, 0.6) is 0 Å². The smallest absolute Gasteiger partial charge is 0.264 e. The minimum Gasteiger partial charge on any atom is -0.352 e. The van der Waals surface area contributed by atoms with Gasteiger partial charge < -0.3 is 10.2 Å². The Morgan fingerprint density at radius 1 is 1.03 bits per heavy atom. The molecule has 0 radical (unpaired) electrons. The van der Waals surface area contributed by atoms with Crippen LogP contribution in [0.2, 0.25) is 0 Å². The molecule has 0 fully saturated rings. The van der Waals surface area contributed by atoms with E-state index in [1.807, 2.05) is 32.9 Å². The molecule has 8 heteroatoms. The Morgan fingerprint density at radius 2 is 1.66 bits per heavy atom. The molecule has 0 aliphatic rings. The fraction of sp³-hybridized carbons (Fsp3) is 0.333. The summed E-state index contributed by atoms with van der Waals surface area (Å²) in [5.41, 5.74) is 1.75. The second-order valence-electron chi connectivity index (χ2n) is 7.22. The van der Waals surface area contributed by atoms with Crippen molar-refractivity contribution >= 4 is 27.5 Å². The van der Waals surface area contributed by atoms with Crippen LogP contribution in [0.3, 0.4) is 0 Å². The van der Waals surface area contributed by atoms with E-state index in [9.17, 15) is 18.0 Å². The molecule has 0 aliphatic heterocycles. The first-order chi connectivity index (χ1) is 13.5. The maximum atomic E-state index is 13.0. The van der Waals surface area contributed by atoms with Crippen molar-refractivity contribution in [2.45, 2.75) is 31.7 Å². The van der Waals surface area contributed by atoms with Crippen LogP contribution in [0.15, 0.2) is 53.4 Å². The molecule has 0 aliphatic carbocycles. The highest BCUT2D eigenvalue weighted by atomic mass is 32.2. The van der Waals surface area contributed by atoms with Crippen molar-refractivity contribution < 1.29 is 18.0 Å². The fourth-order valence-corrected chi connectivity index (χ4v) is 3.96. The maximum absolute atomic E-state index is 13.0. The molecule has 0 bridgehead atoms. The largest absolute Gasteiger partial charge is 0.352 e. The lowest BCUT2D eigenvalue weighted by molar-refractivity contribution is -0.122. The van der Waals surface area contributed by atoms with E-state index in [4.69, 9.17) is 0 Å². The van der Waals surface area contributed by atoms with Gasteiger partial charge in [0.15, 0.2) is 0 Å². The summed E-state index contributed by atoms with van der Waals surface area (Å²) in [6, 6.07) is 12.9. The Bertz CT molecular complexity index is 985. The molecule has 0 saturated heterocycles. The first-order valence-corrected chi connectivity index (χ1v) is 10.7. The SMILES string of the molecule is Cc1ccc(N(C)S(=O)(=O)c2cccc(C(=O)N(C)CC(=O)NC(C)C)c2)cc1. The third-order valence-electron chi connectivity index (χ3n) is 4.31. The van der Waals surface area contributed by atoms with Gasteiger partial charge in [-0.25, -0.2) is 8.42 Å². The van der Waals surface area contributed by atoms with E-state index in [2.05, 4.69) is 5.32 Å². The number of nitrogens with zero attached hydrogens (tertiary/aromatic N) is 2. The van der Waals surface area contributed by atoms with Gasteiger partial charge in [-0.1, -0.05) is 23.8 Å². The van der Waals surface area contributed by atoms with Crippen molar-refractivity contribution in [2.24, 2.45) is 0 Å². The predicted octanol–water partition coefficient (Wildman–Crippen LogP) is 2.42. The molecule has 0 unspecified atom stereocenters. The monoisotopic (exact) mass is 417 g/mol. The first-order valence-electron chi connectivity index (χ1n) is 9.23. The van der Waals surface area contributed by atoms with Crippen LogP contribution >= 0.6 is 0 Å². The molecule has 0 heterocycles. The van der Waals surface area contributed by atoms with E-state index in [-0.39, 0.29) is 29.0 Å². The zero-order chi connectivity index (χ0) is 21.8. The maximum Gasteiger partial charge on any atom is 0.264 e. The normalized spacial score (nSPS) is 11.2. The number of benzene rings is 2. The molecular formula is C21H27N3O4S. The van der Waals surface area contributed by atoms with E-state index in [0.717, 1.165) is 5.56 Å². The molecule has 0 aromatic heterocycles. The van der Waals surface area contributed by atoms with Crippen molar-refractivity contribution in [1.82, 2.24) is 10.2 Å². The zero-order valence-electron chi connectivity index (χ0n) is 17.3. The second-order valence-corrected chi connectivity index (χ2v) is 9.19. The summed E-state index contributed by atoms with van der Waals surface area (Å²) in [4.78, 5) is 25.8. The van der Waals surface area contributed by atoms with Gasteiger partial charge in [-0.3, -0.25) is 13.9 Å². The second kappa shape index (κ2) is 9.09. The highest BCUT2D eigenvalue weighted by molar-refractivity contribution is 7.92. The summed E-state index contributed by atoms with van der Waals surface area (Å²) in [5, 5.41) is 2.72. The minimum absolute atomic E-state index is 0.00598. The van der Waals surface area contributed by atoms with Crippen molar-refractivity contribution in [1.29, 1.82) is 0 Å². The first kappa shape index (κ1) is 22.4. The Balaban J connectivity index is 2.24. The molecule has 7 nitrogen and oxygen atoms in total. The summed E-state index contributed by atoms with van der Waals surface area (Å²) < 4.78 is 27.2. The van der Waals surface area contributed by atoms with Gasteiger partial charge in [0.05, 0.1) is 17.1 Å². The van der Waals surface area contributed by atoms with Crippen LogP contribution < -0.4 is 9.62 Å². The number of aryl methyl sites for hydroxylation is 1. The molecule has 0 saturated carbocycles. The number of carbonyl (C=O) groups is 2. The van der Waals surface area contributed by atoms with Crippen molar-refractivity contribution in [2.75, 3.05) is 24.9 Å². The molecule has 0 atom stereocenters. The topological polar surface area (TPSA) is 86.8 Å². The van der Waals surface area contributed by atoms with Crippen LogP contribution in [0, 0.1) is 6.92 Å².